The summed E-state index contributed by atoms with van der Waals surface area (Å²) in [7, 11) is 0. The Kier molecular flexibility index (Phi) is 3.77. The summed E-state index contributed by atoms with van der Waals surface area (Å²) in [5.74, 6) is 2.74. The second-order valence-electron chi connectivity index (χ2n) is 4.85. The fraction of sp³-hybridized carbons (Fsp3) is 0.462. The Balaban J connectivity index is 1.76. The van der Waals surface area contributed by atoms with E-state index in [2.05, 4.69) is 14.8 Å². The van der Waals surface area contributed by atoms with Crippen LogP contribution in [0, 0.1) is 0 Å². The molecular weight excluding hydrogens is 276 g/mol. The monoisotopic (exact) mass is 292 g/mol. The molecule has 0 aliphatic heterocycles. The molecule has 0 unspecified atom stereocenters. The van der Waals surface area contributed by atoms with Crippen LogP contribution in [-0.4, -0.2) is 26.4 Å². The van der Waals surface area contributed by atoms with Crippen LogP contribution < -0.4 is 5.73 Å². The van der Waals surface area contributed by atoms with Crippen molar-refractivity contribution in [1.29, 1.82) is 0 Å². The second-order valence-corrected chi connectivity index (χ2v) is 5.91. The summed E-state index contributed by atoms with van der Waals surface area (Å²) < 4.78 is 7.49. The average Bonchev–Trinajstić information content (AvgIpc) is 2.98. The van der Waals surface area contributed by atoms with Gasteiger partial charge in [-0.05, 0) is 25.0 Å². The molecule has 1 aliphatic carbocycles. The Bertz CT molecular complexity index is 590. The predicted molar refractivity (Wildman–Crippen MR) is 74.3 cm³/mol. The zero-order chi connectivity index (χ0) is 13.9. The van der Waals surface area contributed by atoms with E-state index in [-0.39, 0.29) is 5.91 Å². The van der Waals surface area contributed by atoms with E-state index in [9.17, 15) is 4.79 Å². The second kappa shape index (κ2) is 5.70. The summed E-state index contributed by atoms with van der Waals surface area (Å²) in [6.07, 6.45) is 4.35. The maximum Gasteiger partial charge on any atom is 0.218 e. The van der Waals surface area contributed by atoms with Gasteiger partial charge >= 0.3 is 0 Å². The molecule has 0 aromatic carbocycles. The topological polar surface area (TPSA) is 86.9 Å². The highest BCUT2D eigenvalue weighted by Gasteiger charge is 2.30. The van der Waals surface area contributed by atoms with Gasteiger partial charge < -0.3 is 10.2 Å². The quantitative estimate of drug-likeness (QED) is 0.786. The lowest BCUT2D eigenvalue weighted by Crippen LogP contribution is -2.11. The van der Waals surface area contributed by atoms with E-state index in [1.54, 1.807) is 6.26 Å². The smallest absolute Gasteiger partial charge is 0.218 e. The maximum atomic E-state index is 10.8. The van der Waals surface area contributed by atoms with E-state index < -0.39 is 0 Å². The zero-order valence-corrected chi connectivity index (χ0v) is 11.8. The Morgan fingerprint density at radius 3 is 3.00 bits per heavy atom. The molecule has 0 spiro atoms. The number of rotatable bonds is 7. The highest BCUT2D eigenvalue weighted by molar-refractivity contribution is 7.99. The first-order valence-electron chi connectivity index (χ1n) is 6.60. The van der Waals surface area contributed by atoms with Crippen LogP contribution in [0.2, 0.25) is 0 Å². The number of carbonyl (C=O) groups is 1. The van der Waals surface area contributed by atoms with Crippen molar-refractivity contribution in [3.63, 3.8) is 0 Å². The number of amides is 1. The Morgan fingerprint density at radius 2 is 2.35 bits per heavy atom. The third-order valence-electron chi connectivity index (χ3n) is 3.16. The van der Waals surface area contributed by atoms with Gasteiger partial charge in [-0.15, -0.1) is 10.2 Å². The largest absolute Gasteiger partial charge is 0.467 e. The summed E-state index contributed by atoms with van der Waals surface area (Å²) in [6.45, 7) is 0.630. The van der Waals surface area contributed by atoms with Crippen LogP contribution in [-0.2, 0) is 11.3 Å². The van der Waals surface area contributed by atoms with Gasteiger partial charge in [0.2, 0.25) is 5.91 Å². The van der Waals surface area contributed by atoms with Crippen molar-refractivity contribution in [2.45, 2.75) is 36.9 Å². The van der Waals surface area contributed by atoms with Crippen molar-refractivity contribution in [2.75, 3.05) is 5.75 Å². The molecular formula is C13H16N4O2S. The van der Waals surface area contributed by atoms with E-state index >= 15 is 0 Å². The van der Waals surface area contributed by atoms with Crippen LogP contribution in [0.4, 0.5) is 0 Å². The lowest BCUT2D eigenvalue weighted by molar-refractivity contribution is -0.117. The van der Waals surface area contributed by atoms with Gasteiger partial charge in [0.05, 0.1) is 12.8 Å². The number of nitrogens with two attached hydrogens (primary N) is 1. The SMILES string of the molecule is NC(=O)CCSc1nnc(C2CC2)n1Cc1ccco1. The molecule has 2 aromatic heterocycles. The molecule has 6 nitrogen and oxygen atoms in total. The summed E-state index contributed by atoms with van der Waals surface area (Å²) in [4.78, 5) is 10.8. The van der Waals surface area contributed by atoms with Gasteiger partial charge in [0.15, 0.2) is 5.16 Å². The lowest BCUT2D eigenvalue weighted by Gasteiger charge is -2.07. The van der Waals surface area contributed by atoms with Crippen molar-refractivity contribution >= 4 is 17.7 Å². The van der Waals surface area contributed by atoms with Gasteiger partial charge in [0.1, 0.15) is 11.6 Å². The molecule has 2 heterocycles. The number of thioether (sulfide) groups is 1. The highest BCUT2D eigenvalue weighted by Crippen LogP contribution is 2.40. The van der Waals surface area contributed by atoms with E-state index in [0.717, 1.165) is 16.7 Å². The fourth-order valence-corrected chi connectivity index (χ4v) is 2.90. The number of nitrogens with zero attached hydrogens (tertiary/aromatic N) is 3. The van der Waals surface area contributed by atoms with Crippen molar-refractivity contribution in [1.82, 2.24) is 14.8 Å². The Hall–Kier alpha value is -1.76. The molecule has 3 rings (SSSR count). The summed E-state index contributed by atoms with van der Waals surface area (Å²) >= 11 is 1.51. The Labute approximate surface area is 120 Å². The molecule has 20 heavy (non-hydrogen) atoms. The molecule has 1 amide bonds. The van der Waals surface area contributed by atoms with Gasteiger partial charge in [-0.3, -0.25) is 9.36 Å². The number of furan rings is 1. The molecule has 7 heteroatoms. The van der Waals surface area contributed by atoms with Crippen LogP contribution in [0.25, 0.3) is 0 Å². The van der Waals surface area contributed by atoms with E-state index in [1.165, 1.54) is 24.6 Å². The number of hydrogen-bond acceptors (Lipinski definition) is 5. The average molecular weight is 292 g/mol. The number of primary amides is 1. The highest BCUT2D eigenvalue weighted by atomic mass is 32.2. The third-order valence-corrected chi connectivity index (χ3v) is 4.13. The molecule has 0 saturated heterocycles. The number of aromatic nitrogens is 3. The molecule has 1 saturated carbocycles. The zero-order valence-electron chi connectivity index (χ0n) is 11.0. The first-order valence-corrected chi connectivity index (χ1v) is 7.59. The molecule has 0 radical (unpaired) electrons. The minimum absolute atomic E-state index is 0.294. The minimum atomic E-state index is -0.294. The van der Waals surface area contributed by atoms with Gasteiger partial charge in [-0.1, -0.05) is 11.8 Å². The van der Waals surface area contributed by atoms with Crippen LogP contribution in [0.5, 0.6) is 0 Å². The van der Waals surface area contributed by atoms with Gasteiger partial charge in [-0.25, -0.2) is 0 Å². The van der Waals surface area contributed by atoms with Gasteiger partial charge in [0.25, 0.3) is 0 Å². The summed E-state index contributed by atoms with van der Waals surface area (Å²) in [5.41, 5.74) is 5.16. The van der Waals surface area contributed by atoms with E-state index in [1.807, 2.05) is 12.1 Å². The molecule has 106 valence electrons. The van der Waals surface area contributed by atoms with E-state index in [0.29, 0.717) is 24.6 Å². The molecule has 0 bridgehead atoms. The minimum Gasteiger partial charge on any atom is -0.467 e. The first-order chi connectivity index (χ1) is 9.74. The fourth-order valence-electron chi connectivity index (χ4n) is 2.00. The number of hydrogen-bond donors (Lipinski definition) is 1. The molecule has 2 N–H and O–H groups in total. The van der Waals surface area contributed by atoms with Crippen LogP contribution in [0.15, 0.2) is 28.0 Å². The Morgan fingerprint density at radius 1 is 1.50 bits per heavy atom. The summed E-state index contributed by atoms with van der Waals surface area (Å²) in [5, 5.41) is 9.35. The van der Waals surface area contributed by atoms with Crippen molar-refractivity contribution in [3.8, 4) is 0 Å². The molecule has 1 fully saturated rings. The van der Waals surface area contributed by atoms with Gasteiger partial charge in [-0.2, -0.15) is 0 Å². The molecule has 1 aliphatic rings. The van der Waals surface area contributed by atoms with Crippen molar-refractivity contribution in [2.24, 2.45) is 5.73 Å². The van der Waals surface area contributed by atoms with Crippen molar-refractivity contribution < 1.29 is 9.21 Å². The van der Waals surface area contributed by atoms with Gasteiger partial charge in [0, 0.05) is 18.1 Å². The summed E-state index contributed by atoms with van der Waals surface area (Å²) in [6, 6.07) is 3.81. The van der Waals surface area contributed by atoms with E-state index in [4.69, 9.17) is 10.2 Å². The first kappa shape index (κ1) is 13.2. The maximum absolute atomic E-state index is 10.8. The number of carbonyl (C=O) groups excluding carboxylic acids is 1. The van der Waals surface area contributed by atoms with Crippen molar-refractivity contribution in [3.05, 3.63) is 30.0 Å². The lowest BCUT2D eigenvalue weighted by atomic mass is 10.3. The standard InChI is InChI=1S/C13H16N4O2S/c14-11(18)5-7-20-13-16-15-12(9-3-4-9)17(13)8-10-2-1-6-19-10/h1-2,6,9H,3-5,7-8H2,(H2,14,18). The molecule has 0 atom stereocenters. The normalized spacial score (nSPS) is 14.6. The predicted octanol–water partition coefficient (Wildman–Crippen LogP) is 1.76. The third kappa shape index (κ3) is 3.04. The van der Waals surface area contributed by atoms with Crippen LogP contribution in [0.1, 0.15) is 36.8 Å². The van der Waals surface area contributed by atoms with Crippen LogP contribution in [0.3, 0.4) is 0 Å². The van der Waals surface area contributed by atoms with Crippen LogP contribution >= 0.6 is 11.8 Å². The molecule has 2 aromatic rings.